The summed E-state index contributed by atoms with van der Waals surface area (Å²) in [5, 5.41) is 22.0. The van der Waals surface area contributed by atoms with Crippen molar-refractivity contribution in [3.63, 3.8) is 0 Å². The molecule has 2 fully saturated rings. The number of rotatable bonds is 4. The fourth-order valence-electron chi connectivity index (χ4n) is 6.19. The molecule has 158 valence electrons. The minimum Gasteiger partial charge on any atom is -0.472 e. The molecule has 8 atom stereocenters. The summed E-state index contributed by atoms with van der Waals surface area (Å²) in [4.78, 5) is 24.4. The highest BCUT2D eigenvalue weighted by Gasteiger charge is 2.70. The summed E-state index contributed by atoms with van der Waals surface area (Å²) in [5.74, 6) is -1.44. The molecule has 3 aliphatic rings. The van der Waals surface area contributed by atoms with Crippen molar-refractivity contribution in [2.45, 2.75) is 65.0 Å². The molecule has 8 unspecified atom stereocenters. The topological polar surface area (TPSA) is 106 Å². The van der Waals surface area contributed by atoms with Gasteiger partial charge in [0.25, 0.3) is 0 Å². The van der Waals surface area contributed by atoms with Crippen molar-refractivity contribution in [1.29, 1.82) is 0 Å². The molecule has 1 saturated heterocycles. The van der Waals surface area contributed by atoms with Gasteiger partial charge in [-0.25, -0.2) is 4.79 Å². The van der Waals surface area contributed by atoms with Crippen LogP contribution in [0.5, 0.6) is 0 Å². The van der Waals surface area contributed by atoms with Crippen LogP contribution in [0.4, 0.5) is 0 Å². The normalized spacial score (nSPS) is 41.9. The molecule has 0 aromatic carbocycles. The predicted octanol–water partition coefficient (Wildman–Crippen LogP) is 2.53. The molecule has 7 nitrogen and oxygen atoms in total. The Hall–Kier alpha value is -2.12. The third kappa shape index (κ3) is 2.78. The number of aliphatic hydroxyl groups excluding tert-OH is 2. The zero-order chi connectivity index (χ0) is 21.1. The summed E-state index contributed by atoms with van der Waals surface area (Å²) >= 11 is 0. The van der Waals surface area contributed by atoms with E-state index >= 15 is 0 Å². The first-order valence-corrected chi connectivity index (χ1v) is 10.1. The predicted molar refractivity (Wildman–Crippen MR) is 101 cm³/mol. The average Bonchev–Trinajstić information content (AvgIpc) is 3.25. The van der Waals surface area contributed by atoms with Gasteiger partial charge in [-0.05, 0) is 23.8 Å². The van der Waals surface area contributed by atoms with Crippen molar-refractivity contribution in [2.24, 2.45) is 22.7 Å². The lowest BCUT2D eigenvalue weighted by Gasteiger charge is -2.60. The standard InChI is InChI=1S/C22H28O7/c1-11-17(25)19-22(4)14(20(26)29-19)5-6-16(28-12(2)23)18(22)21(11,3)9-15(24)13-7-8-27-10-13/h5,7-8,10-11,15-19,24-25H,6,9H2,1-4H3. The molecular formula is C22H28O7. The Labute approximate surface area is 169 Å². The molecule has 0 spiro atoms. The quantitative estimate of drug-likeness (QED) is 0.743. The molecule has 0 amide bonds. The van der Waals surface area contributed by atoms with Crippen LogP contribution in [0.3, 0.4) is 0 Å². The monoisotopic (exact) mass is 404 g/mol. The molecule has 2 N–H and O–H groups in total. The largest absolute Gasteiger partial charge is 0.472 e. The molecule has 1 saturated carbocycles. The molecular weight excluding hydrogens is 376 g/mol. The van der Waals surface area contributed by atoms with Crippen molar-refractivity contribution in [2.75, 3.05) is 0 Å². The van der Waals surface area contributed by atoms with Crippen LogP contribution >= 0.6 is 0 Å². The Morgan fingerprint density at radius 3 is 2.76 bits per heavy atom. The Bertz CT molecular complexity index is 843. The van der Waals surface area contributed by atoms with Crippen molar-refractivity contribution >= 4 is 11.9 Å². The van der Waals surface area contributed by atoms with Gasteiger partial charge in [0.05, 0.1) is 24.7 Å². The highest BCUT2D eigenvalue weighted by Crippen LogP contribution is 2.66. The first kappa shape index (κ1) is 20.2. The number of carbonyl (C=O) groups excluding carboxylic acids is 2. The minimum absolute atomic E-state index is 0.310. The first-order chi connectivity index (χ1) is 13.6. The van der Waals surface area contributed by atoms with E-state index in [0.29, 0.717) is 24.0 Å². The summed E-state index contributed by atoms with van der Waals surface area (Å²) in [6, 6.07) is 1.71. The molecule has 29 heavy (non-hydrogen) atoms. The molecule has 2 aliphatic carbocycles. The number of furan rings is 1. The zero-order valence-electron chi connectivity index (χ0n) is 17.1. The van der Waals surface area contributed by atoms with E-state index in [4.69, 9.17) is 13.9 Å². The van der Waals surface area contributed by atoms with Gasteiger partial charge in [0.15, 0.2) is 0 Å². The van der Waals surface area contributed by atoms with Crippen molar-refractivity contribution in [3.8, 4) is 0 Å². The number of hydrogen-bond acceptors (Lipinski definition) is 7. The van der Waals surface area contributed by atoms with Crippen LogP contribution in [0.2, 0.25) is 0 Å². The van der Waals surface area contributed by atoms with Crippen LogP contribution in [-0.4, -0.2) is 40.5 Å². The Kier molecular flexibility index (Phi) is 4.66. The number of ether oxygens (including phenoxy) is 2. The van der Waals surface area contributed by atoms with Gasteiger partial charge in [-0.3, -0.25) is 4.79 Å². The second kappa shape index (κ2) is 6.71. The number of hydrogen-bond donors (Lipinski definition) is 2. The second-order valence-electron chi connectivity index (χ2n) is 9.15. The lowest BCUT2D eigenvalue weighted by molar-refractivity contribution is -0.215. The SMILES string of the molecule is CC(=O)OC1CC=C2C(=O)OC3C(O)C(C)C(C)(CC(O)c4ccoc4)C1C23C. The Morgan fingerprint density at radius 2 is 2.14 bits per heavy atom. The van der Waals surface area contributed by atoms with Gasteiger partial charge in [-0.1, -0.05) is 26.8 Å². The van der Waals surface area contributed by atoms with Gasteiger partial charge in [0.2, 0.25) is 0 Å². The second-order valence-corrected chi connectivity index (χ2v) is 9.15. The highest BCUT2D eigenvalue weighted by molar-refractivity contribution is 5.93. The summed E-state index contributed by atoms with van der Waals surface area (Å²) in [7, 11) is 0. The average molecular weight is 404 g/mol. The van der Waals surface area contributed by atoms with E-state index in [-0.39, 0.29) is 11.8 Å². The summed E-state index contributed by atoms with van der Waals surface area (Å²) in [5.41, 5.74) is -0.276. The first-order valence-electron chi connectivity index (χ1n) is 10.1. The maximum atomic E-state index is 12.6. The van der Waals surface area contributed by atoms with E-state index in [1.807, 2.05) is 20.8 Å². The number of carbonyl (C=O) groups is 2. The van der Waals surface area contributed by atoms with Crippen molar-refractivity contribution < 1.29 is 33.7 Å². The molecule has 1 aliphatic heterocycles. The third-order valence-electron chi connectivity index (χ3n) is 7.65. The van der Waals surface area contributed by atoms with Gasteiger partial charge >= 0.3 is 11.9 Å². The molecule has 0 bridgehead atoms. The maximum Gasteiger partial charge on any atom is 0.334 e. The fourth-order valence-corrected chi connectivity index (χ4v) is 6.19. The smallest absolute Gasteiger partial charge is 0.334 e. The van der Waals surface area contributed by atoms with E-state index in [2.05, 4.69) is 0 Å². The van der Waals surface area contributed by atoms with E-state index in [9.17, 15) is 19.8 Å². The third-order valence-corrected chi connectivity index (χ3v) is 7.65. The lowest BCUT2D eigenvalue weighted by Crippen LogP contribution is -2.65. The Balaban J connectivity index is 1.82. The van der Waals surface area contributed by atoms with Crippen LogP contribution in [0.15, 0.2) is 34.7 Å². The van der Waals surface area contributed by atoms with E-state index in [1.165, 1.54) is 19.5 Å². The summed E-state index contributed by atoms with van der Waals surface area (Å²) < 4.78 is 16.4. The number of esters is 2. The highest BCUT2D eigenvalue weighted by atomic mass is 16.6. The molecule has 0 radical (unpaired) electrons. The molecule has 1 aromatic rings. The van der Waals surface area contributed by atoms with Crippen LogP contribution in [0.1, 0.15) is 52.2 Å². The van der Waals surface area contributed by atoms with E-state index < -0.39 is 47.2 Å². The van der Waals surface area contributed by atoms with Gasteiger partial charge in [0.1, 0.15) is 12.2 Å². The Morgan fingerprint density at radius 1 is 1.41 bits per heavy atom. The van der Waals surface area contributed by atoms with Gasteiger partial charge in [-0.15, -0.1) is 0 Å². The molecule has 1 aromatic heterocycles. The van der Waals surface area contributed by atoms with Crippen molar-refractivity contribution in [1.82, 2.24) is 0 Å². The van der Waals surface area contributed by atoms with Crippen LogP contribution in [-0.2, 0) is 19.1 Å². The zero-order valence-corrected chi connectivity index (χ0v) is 17.1. The van der Waals surface area contributed by atoms with Crippen LogP contribution in [0, 0.1) is 22.7 Å². The minimum atomic E-state index is -0.899. The van der Waals surface area contributed by atoms with Crippen molar-refractivity contribution in [3.05, 3.63) is 35.8 Å². The molecule has 2 heterocycles. The fraction of sp³-hybridized carbons (Fsp3) is 0.636. The summed E-state index contributed by atoms with van der Waals surface area (Å²) in [6.45, 7) is 7.18. The maximum absolute atomic E-state index is 12.6. The molecule has 4 rings (SSSR count). The van der Waals surface area contributed by atoms with Crippen LogP contribution in [0.25, 0.3) is 0 Å². The number of aliphatic hydroxyl groups is 2. The van der Waals surface area contributed by atoms with E-state index in [0.717, 1.165) is 0 Å². The lowest BCUT2D eigenvalue weighted by atomic mass is 9.44. The summed E-state index contributed by atoms with van der Waals surface area (Å²) in [6.07, 6.45) is 2.59. The van der Waals surface area contributed by atoms with Crippen LogP contribution < -0.4 is 0 Å². The van der Waals surface area contributed by atoms with Gasteiger partial charge in [-0.2, -0.15) is 0 Å². The van der Waals surface area contributed by atoms with Gasteiger partial charge in [0, 0.05) is 35.8 Å². The van der Waals surface area contributed by atoms with E-state index in [1.54, 1.807) is 12.1 Å². The van der Waals surface area contributed by atoms with Gasteiger partial charge < -0.3 is 24.1 Å². The molecule has 7 heteroatoms.